The minimum Gasteiger partial charge on any atom is -0.396 e. The van der Waals surface area contributed by atoms with Gasteiger partial charge in [0.2, 0.25) is 5.91 Å². The normalized spacial score (nSPS) is 10.3. The maximum absolute atomic E-state index is 11.9. The van der Waals surface area contributed by atoms with Crippen LogP contribution in [0.1, 0.15) is 30.8 Å². The Bertz CT molecular complexity index is 431. The molecule has 0 bridgehead atoms. The molecule has 0 aliphatic carbocycles. The van der Waals surface area contributed by atoms with Crippen LogP contribution in [0.25, 0.3) is 0 Å². The summed E-state index contributed by atoms with van der Waals surface area (Å²) in [4.78, 5) is 25.3. The van der Waals surface area contributed by atoms with Gasteiger partial charge in [0.1, 0.15) is 5.69 Å². The summed E-state index contributed by atoms with van der Waals surface area (Å²) in [6, 6.07) is 0. The molecule has 0 atom stereocenters. The van der Waals surface area contributed by atoms with Crippen LogP contribution in [0.4, 0.5) is 5.69 Å². The summed E-state index contributed by atoms with van der Waals surface area (Å²) in [6.45, 7) is 5.50. The molecule has 0 fully saturated rings. The zero-order valence-corrected chi connectivity index (χ0v) is 11.6. The first-order valence-corrected chi connectivity index (χ1v) is 6.34. The first-order chi connectivity index (χ1) is 9.01. The number of carbonyl (C=O) groups excluding carboxylic acids is 2. The van der Waals surface area contributed by atoms with E-state index in [1.54, 1.807) is 11.9 Å². The monoisotopic (exact) mass is 267 g/mol. The Labute approximate surface area is 112 Å². The molecule has 1 aromatic rings. The Kier molecular flexibility index (Phi) is 5.35. The molecule has 1 rings (SSSR count). The molecule has 1 heterocycles. The molecule has 0 radical (unpaired) electrons. The second-order valence-electron chi connectivity index (χ2n) is 4.14. The van der Waals surface area contributed by atoms with E-state index in [1.165, 1.54) is 10.9 Å². The van der Waals surface area contributed by atoms with Gasteiger partial charge in [-0.15, -0.1) is 0 Å². The second-order valence-corrected chi connectivity index (χ2v) is 4.14. The lowest BCUT2D eigenvalue weighted by Gasteiger charge is -2.18. The van der Waals surface area contributed by atoms with Crippen molar-refractivity contribution >= 4 is 17.5 Å². The van der Waals surface area contributed by atoms with Gasteiger partial charge < -0.3 is 16.0 Å². The number of aryl methyl sites for hydroxylation is 1. The van der Waals surface area contributed by atoms with Gasteiger partial charge >= 0.3 is 0 Å². The van der Waals surface area contributed by atoms with Crippen molar-refractivity contribution in [2.45, 2.75) is 20.3 Å². The molecule has 0 saturated heterocycles. The van der Waals surface area contributed by atoms with Gasteiger partial charge in [-0.1, -0.05) is 0 Å². The summed E-state index contributed by atoms with van der Waals surface area (Å²) in [5.74, 6) is -0.284. The molecule has 0 aliphatic heterocycles. The van der Waals surface area contributed by atoms with Crippen molar-refractivity contribution in [3.63, 3.8) is 0 Å². The highest BCUT2D eigenvalue weighted by Gasteiger charge is 2.15. The van der Waals surface area contributed by atoms with Crippen LogP contribution < -0.4 is 11.1 Å². The molecule has 0 aliphatic rings. The summed E-state index contributed by atoms with van der Waals surface area (Å²) < 4.78 is 1.41. The Morgan fingerprint density at radius 3 is 2.53 bits per heavy atom. The lowest BCUT2D eigenvalue weighted by molar-refractivity contribution is -0.130. The molecule has 0 saturated carbocycles. The molecule has 19 heavy (non-hydrogen) atoms. The van der Waals surface area contributed by atoms with Crippen molar-refractivity contribution in [2.75, 3.05) is 25.4 Å². The highest BCUT2D eigenvalue weighted by molar-refractivity contribution is 5.97. The molecular weight excluding hydrogens is 246 g/mol. The van der Waals surface area contributed by atoms with E-state index in [1.807, 2.05) is 13.8 Å². The van der Waals surface area contributed by atoms with Crippen molar-refractivity contribution in [3.05, 3.63) is 11.9 Å². The minimum atomic E-state index is -0.315. The third-order valence-electron chi connectivity index (χ3n) is 2.92. The zero-order valence-electron chi connectivity index (χ0n) is 11.6. The third-order valence-corrected chi connectivity index (χ3v) is 2.92. The number of hydrogen-bond donors (Lipinski definition) is 2. The van der Waals surface area contributed by atoms with Crippen LogP contribution in [0, 0.1) is 0 Å². The number of hydrogen-bond acceptors (Lipinski definition) is 4. The van der Waals surface area contributed by atoms with Crippen molar-refractivity contribution < 1.29 is 9.59 Å². The zero-order chi connectivity index (χ0) is 14.4. The highest BCUT2D eigenvalue weighted by Crippen LogP contribution is 2.08. The number of anilines is 1. The average molecular weight is 267 g/mol. The van der Waals surface area contributed by atoms with Crippen LogP contribution in [0.3, 0.4) is 0 Å². The summed E-state index contributed by atoms with van der Waals surface area (Å²) in [5.41, 5.74) is 6.29. The van der Waals surface area contributed by atoms with Crippen LogP contribution in [-0.4, -0.2) is 46.1 Å². The van der Waals surface area contributed by atoms with Gasteiger partial charge in [0.15, 0.2) is 0 Å². The summed E-state index contributed by atoms with van der Waals surface area (Å²) in [7, 11) is 1.65. The molecular formula is C12H21N5O2. The fourth-order valence-electron chi connectivity index (χ4n) is 1.83. The van der Waals surface area contributed by atoms with E-state index in [0.29, 0.717) is 31.0 Å². The number of aromatic nitrogens is 2. The van der Waals surface area contributed by atoms with Crippen molar-refractivity contribution in [3.8, 4) is 0 Å². The van der Waals surface area contributed by atoms with Crippen LogP contribution in [-0.2, 0) is 11.8 Å². The molecule has 3 N–H and O–H groups in total. The molecule has 2 amide bonds. The number of rotatable bonds is 6. The Hall–Kier alpha value is -2.05. The second kappa shape index (κ2) is 6.77. The van der Waals surface area contributed by atoms with E-state index in [0.717, 1.165) is 0 Å². The quantitative estimate of drug-likeness (QED) is 0.758. The first kappa shape index (κ1) is 15.0. The van der Waals surface area contributed by atoms with Crippen LogP contribution >= 0.6 is 0 Å². The fraction of sp³-hybridized carbons (Fsp3) is 0.583. The van der Waals surface area contributed by atoms with Gasteiger partial charge in [0.05, 0.1) is 11.9 Å². The Balaban J connectivity index is 2.46. The average Bonchev–Trinajstić information content (AvgIpc) is 2.70. The van der Waals surface area contributed by atoms with Gasteiger partial charge in [-0.25, -0.2) is 0 Å². The van der Waals surface area contributed by atoms with Crippen LogP contribution in [0.5, 0.6) is 0 Å². The van der Waals surface area contributed by atoms with E-state index >= 15 is 0 Å². The number of amides is 2. The van der Waals surface area contributed by atoms with Gasteiger partial charge in [-0.2, -0.15) is 5.10 Å². The first-order valence-electron chi connectivity index (χ1n) is 6.34. The Morgan fingerprint density at radius 2 is 2.05 bits per heavy atom. The van der Waals surface area contributed by atoms with Gasteiger partial charge in [0, 0.05) is 33.1 Å². The summed E-state index contributed by atoms with van der Waals surface area (Å²) in [6.07, 6.45) is 1.71. The highest BCUT2D eigenvalue weighted by atomic mass is 16.2. The van der Waals surface area contributed by atoms with E-state index in [9.17, 15) is 9.59 Å². The molecule has 7 heteroatoms. The van der Waals surface area contributed by atoms with E-state index in [4.69, 9.17) is 5.73 Å². The van der Waals surface area contributed by atoms with Crippen molar-refractivity contribution in [1.82, 2.24) is 20.0 Å². The summed E-state index contributed by atoms with van der Waals surface area (Å²) in [5, 5.41) is 6.56. The lowest BCUT2D eigenvalue weighted by Crippen LogP contribution is -2.34. The number of nitrogens with zero attached hydrogens (tertiary/aromatic N) is 3. The third kappa shape index (κ3) is 3.70. The topological polar surface area (TPSA) is 93.2 Å². The molecule has 1 aromatic heterocycles. The number of carbonyl (C=O) groups is 2. The predicted molar refractivity (Wildman–Crippen MR) is 72.5 cm³/mol. The predicted octanol–water partition coefficient (Wildman–Crippen LogP) is -0.00940. The number of nitrogens with one attached hydrogen (secondary N) is 1. The minimum absolute atomic E-state index is 0.0308. The molecule has 106 valence electrons. The standard InChI is InChI=1S/C12H21N5O2/c1-4-17(5-2)10(18)6-7-14-12(19)11-9(13)8-15-16(11)3/h8H,4-7,13H2,1-3H3,(H,14,19). The molecule has 7 nitrogen and oxygen atoms in total. The van der Waals surface area contributed by atoms with Gasteiger partial charge in [-0.3, -0.25) is 14.3 Å². The molecule has 0 unspecified atom stereocenters. The SMILES string of the molecule is CCN(CC)C(=O)CCNC(=O)c1c(N)cnn1C. The lowest BCUT2D eigenvalue weighted by atomic mass is 10.3. The van der Waals surface area contributed by atoms with Gasteiger partial charge in [-0.05, 0) is 13.8 Å². The number of nitrogen functional groups attached to an aromatic ring is 1. The smallest absolute Gasteiger partial charge is 0.271 e. The fourth-order valence-corrected chi connectivity index (χ4v) is 1.83. The van der Waals surface area contributed by atoms with Crippen molar-refractivity contribution in [1.29, 1.82) is 0 Å². The van der Waals surface area contributed by atoms with Gasteiger partial charge in [0.25, 0.3) is 5.91 Å². The Morgan fingerprint density at radius 1 is 1.42 bits per heavy atom. The largest absolute Gasteiger partial charge is 0.396 e. The van der Waals surface area contributed by atoms with E-state index in [-0.39, 0.29) is 18.2 Å². The maximum Gasteiger partial charge on any atom is 0.271 e. The maximum atomic E-state index is 11.9. The van der Waals surface area contributed by atoms with Crippen LogP contribution in [0.2, 0.25) is 0 Å². The van der Waals surface area contributed by atoms with Crippen LogP contribution in [0.15, 0.2) is 6.20 Å². The van der Waals surface area contributed by atoms with E-state index < -0.39 is 0 Å². The molecule has 0 spiro atoms. The van der Waals surface area contributed by atoms with Crippen molar-refractivity contribution in [2.24, 2.45) is 7.05 Å². The summed E-state index contributed by atoms with van der Waals surface area (Å²) >= 11 is 0. The van der Waals surface area contributed by atoms with E-state index in [2.05, 4.69) is 10.4 Å². The number of nitrogens with two attached hydrogens (primary N) is 1. The molecule has 0 aromatic carbocycles.